The van der Waals surface area contributed by atoms with Crippen molar-refractivity contribution in [1.82, 2.24) is 9.88 Å². The van der Waals surface area contributed by atoms with Crippen molar-refractivity contribution in [2.75, 3.05) is 26.9 Å². The van der Waals surface area contributed by atoms with Crippen molar-refractivity contribution in [2.45, 2.75) is 6.04 Å². The highest BCUT2D eigenvalue weighted by atomic mass is 16.5. The van der Waals surface area contributed by atoms with Gasteiger partial charge in [0.2, 0.25) is 0 Å². The van der Waals surface area contributed by atoms with Gasteiger partial charge in [0.15, 0.2) is 5.69 Å². The van der Waals surface area contributed by atoms with Gasteiger partial charge in [0, 0.05) is 18.7 Å². The number of aromatic nitrogens is 1. The molecule has 0 saturated carbocycles. The molecule has 7 nitrogen and oxygen atoms in total. The lowest BCUT2D eigenvalue weighted by molar-refractivity contribution is -0.00303. The predicted octanol–water partition coefficient (Wildman–Crippen LogP) is 2.00. The van der Waals surface area contributed by atoms with E-state index in [9.17, 15) is 14.7 Å². The molecule has 2 aromatic rings. The summed E-state index contributed by atoms with van der Waals surface area (Å²) in [5.41, 5.74) is 0.767. The monoisotopic (exact) mass is 342 g/mol. The van der Waals surface area contributed by atoms with Crippen molar-refractivity contribution in [2.24, 2.45) is 0 Å². The van der Waals surface area contributed by atoms with Crippen molar-refractivity contribution in [1.29, 1.82) is 0 Å². The van der Waals surface area contributed by atoms with E-state index in [1.165, 1.54) is 19.2 Å². The largest absolute Gasteiger partial charge is 0.497 e. The molecule has 7 heteroatoms. The predicted molar refractivity (Wildman–Crippen MR) is 88.8 cm³/mol. The summed E-state index contributed by atoms with van der Waals surface area (Å²) in [5, 5.41) is 9.19. The molecule has 0 spiro atoms. The molecule has 1 aliphatic rings. The van der Waals surface area contributed by atoms with Gasteiger partial charge < -0.3 is 19.5 Å². The van der Waals surface area contributed by atoms with E-state index in [2.05, 4.69) is 4.98 Å². The molecule has 2 heterocycles. The maximum absolute atomic E-state index is 13.0. The topological polar surface area (TPSA) is 89.0 Å². The van der Waals surface area contributed by atoms with Crippen LogP contribution in [0.4, 0.5) is 0 Å². The van der Waals surface area contributed by atoms with E-state index in [1.54, 1.807) is 4.90 Å². The third-order valence-electron chi connectivity index (χ3n) is 4.05. The lowest BCUT2D eigenvalue weighted by atomic mass is 10.0. The molecule has 130 valence electrons. The van der Waals surface area contributed by atoms with Crippen LogP contribution in [0.15, 0.2) is 42.5 Å². The molecule has 1 N–H and O–H groups in total. The van der Waals surface area contributed by atoms with Crippen LogP contribution in [0.1, 0.15) is 32.6 Å². The molecule has 3 rings (SSSR count). The highest BCUT2D eigenvalue weighted by Crippen LogP contribution is 2.26. The smallest absolute Gasteiger partial charge is 0.354 e. The van der Waals surface area contributed by atoms with Gasteiger partial charge in [0.25, 0.3) is 5.91 Å². The van der Waals surface area contributed by atoms with E-state index < -0.39 is 5.97 Å². The Balaban J connectivity index is 1.95. The number of aromatic carboxylic acids is 1. The van der Waals surface area contributed by atoms with Gasteiger partial charge >= 0.3 is 5.97 Å². The molecule has 1 unspecified atom stereocenters. The Labute approximate surface area is 144 Å². The molecule has 1 saturated heterocycles. The Morgan fingerprint density at radius 3 is 2.64 bits per heavy atom. The van der Waals surface area contributed by atoms with Crippen LogP contribution in [0.5, 0.6) is 5.75 Å². The van der Waals surface area contributed by atoms with E-state index in [0.717, 1.165) is 5.56 Å². The number of amides is 1. The van der Waals surface area contributed by atoms with E-state index in [4.69, 9.17) is 9.47 Å². The fourth-order valence-corrected chi connectivity index (χ4v) is 2.79. The average Bonchev–Trinajstić information content (AvgIpc) is 2.67. The van der Waals surface area contributed by atoms with Crippen LogP contribution in [0.3, 0.4) is 0 Å². The molecule has 1 atom stereocenters. The SMILES string of the molecule is COc1cc(C(=O)O)nc(C(=O)N2CCOCC2c2ccccc2)c1. The number of morpholine rings is 1. The van der Waals surface area contributed by atoms with Gasteiger partial charge in [0.1, 0.15) is 11.4 Å². The zero-order valence-electron chi connectivity index (χ0n) is 13.7. The number of carbonyl (C=O) groups excluding carboxylic acids is 1. The quantitative estimate of drug-likeness (QED) is 0.914. The molecule has 0 radical (unpaired) electrons. The van der Waals surface area contributed by atoms with Crippen LogP contribution in [-0.4, -0.2) is 53.7 Å². The van der Waals surface area contributed by atoms with Gasteiger partial charge in [0.05, 0.1) is 26.4 Å². The summed E-state index contributed by atoms with van der Waals surface area (Å²) >= 11 is 0. The first-order valence-corrected chi connectivity index (χ1v) is 7.83. The summed E-state index contributed by atoms with van der Waals surface area (Å²) in [7, 11) is 1.41. The Kier molecular flexibility index (Phi) is 4.95. The molecular formula is C18H18N2O5. The number of carboxylic acids is 1. The average molecular weight is 342 g/mol. The fraction of sp³-hybridized carbons (Fsp3) is 0.278. The van der Waals surface area contributed by atoms with Crippen LogP contribution in [0, 0.1) is 0 Å². The maximum atomic E-state index is 13.0. The Hall–Kier alpha value is -2.93. The van der Waals surface area contributed by atoms with E-state index in [-0.39, 0.29) is 29.1 Å². The standard InChI is InChI=1S/C18H18N2O5/c1-24-13-9-14(19-15(10-13)18(22)23)17(21)20-7-8-25-11-16(20)12-5-3-2-4-6-12/h2-6,9-10,16H,7-8,11H2,1H3,(H,22,23). The number of benzene rings is 1. The first-order valence-electron chi connectivity index (χ1n) is 7.83. The molecule has 1 aliphatic heterocycles. The minimum Gasteiger partial charge on any atom is -0.497 e. The number of ether oxygens (including phenoxy) is 2. The third-order valence-corrected chi connectivity index (χ3v) is 4.05. The molecule has 1 aromatic carbocycles. The lowest BCUT2D eigenvalue weighted by Gasteiger charge is -2.35. The summed E-state index contributed by atoms with van der Waals surface area (Å²) in [6.45, 7) is 1.20. The van der Waals surface area contributed by atoms with Gasteiger partial charge in [-0.2, -0.15) is 0 Å². The third kappa shape index (κ3) is 3.61. The molecule has 25 heavy (non-hydrogen) atoms. The summed E-state index contributed by atoms with van der Waals surface area (Å²) in [5.74, 6) is -1.28. The summed E-state index contributed by atoms with van der Waals surface area (Å²) in [6.07, 6.45) is 0. The second kappa shape index (κ2) is 7.31. The van der Waals surface area contributed by atoms with E-state index >= 15 is 0 Å². The summed E-state index contributed by atoms with van der Waals surface area (Å²) in [6, 6.07) is 12.1. The normalized spacial score (nSPS) is 17.2. The number of pyridine rings is 1. The van der Waals surface area contributed by atoms with Gasteiger partial charge in [-0.1, -0.05) is 30.3 Å². The molecule has 1 fully saturated rings. The second-order valence-electron chi connectivity index (χ2n) is 5.58. The number of hydrogen-bond donors (Lipinski definition) is 1. The van der Waals surface area contributed by atoms with Crippen LogP contribution in [0.2, 0.25) is 0 Å². The summed E-state index contributed by atoms with van der Waals surface area (Å²) < 4.78 is 10.6. The number of carbonyl (C=O) groups is 2. The van der Waals surface area contributed by atoms with Crippen LogP contribution >= 0.6 is 0 Å². The maximum Gasteiger partial charge on any atom is 0.354 e. The highest BCUT2D eigenvalue weighted by Gasteiger charge is 2.30. The summed E-state index contributed by atoms with van der Waals surface area (Å²) in [4.78, 5) is 29.9. The number of methoxy groups -OCH3 is 1. The Morgan fingerprint density at radius 1 is 1.24 bits per heavy atom. The fourth-order valence-electron chi connectivity index (χ4n) is 2.79. The van der Waals surface area contributed by atoms with Crippen LogP contribution in [-0.2, 0) is 4.74 Å². The van der Waals surface area contributed by atoms with Gasteiger partial charge in [-0.25, -0.2) is 9.78 Å². The van der Waals surface area contributed by atoms with Gasteiger partial charge in [-0.3, -0.25) is 4.79 Å². The molecular weight excluding hydrogens is 324 g/mol. The first-order chi connectivity index (χ1) is 12.1. The molecule has 0 bridgehead atoms. The Bertz CT molecular complexity index is 778. The minimum absolute atomic E-state index is 0.0413. The zero-order valence-corrected chi connectivity index (χ0v) is 13.7. The van der Waals surface area contributed by atoms with Crippen molar-refractivity contribution in [3.8, 4) is 5.75 Å². The van der Waals surface area contributed by atoms with E-state index in [0.29, 0.717) is 19.8 Å². The molecule has 0 aliphatic carbocycles. The molecule has 1 aromatic heterocycles. The van der Waals surface area contributed by atoms with Crippen molar-refractivity contribution in [3.63, 3.8) is 0 Å². The van der Waals surface area contributed by atoms with Crippen LogP contribution < -0.4 is 4.74 Å². The van der Waals surface area contributed by atoms with Gasteiger partial charge in [-0.15, -0.1) is 0 Å². The highest BCUT2D eigenvalue weighted by molar-refractivity contribution is 5.95. The van der Waals surface area contributed by atoms with E-state index in [1.807, 2.05) is 30.3 Å². The van der Waals surface area contributed by atoms with Crippen molar-refractivity contribution < 1.29 is 24.2 Å². The number of nitrogens with zero attached hydrogens (tertiary/aromatic N) is 2. The second-order valence-corrected chi connectivity index (χ2v) is 5.58. The lowest BCUT2D eigenvalue weighted by Crippen LogP contribution is -2.43. The Morgan fingerprint density at radius 2 is 1.96 bits per heavy atom. The number of carboxylic acid groups (broad SMARTS) is 1. The number of hydrogen-bond acceptors (Lipinski definition) is 5. The number of rotatable bonds is 4. The van der Waals surface area contributed by atoms with Gasteiger partial charge in [-0.05, 0) is 5.56 Å². The van der Waals surface area contributed by atoms with Crippen LogP contribution in [0.25, 0.3) is 0 Å². The first kappa shape index (κ1) is 16.9. The zero-order chi connectivity index (χ0) is 17.8. The minimum atomic E-state index is -1.21. The van der Waals surface area contributed by atoms with Crippen molar-refractivity contribution >= 4 is 11.9 Å². The molecule has 1 amide bonds. The van der Waals surface area contributed by atoms with Crippen molar-refractivity contribution in [3.05, 3.63) is 59.4 Å².